The molecule has 2 saturated heterocycles. The summed E-state index contributed by atoms with van der Waals surface area (Å²) in [5.41, 5.74) is 14.6. The van der Waals surface area contributed by atoms with Crippen LogP contribution in [0.3, 0.4) is 0 Å². The van der Waals surface area contributed by atoms with Gasteiger partial charge in [-0.2, -0.15) is 0 Å². The van der Waals surface area contributed by atoms with Crippen LogP contribution in [0.2, 0.25) is 0 Å². The molecule has 0 amide bonds. The molecule has 2 aromatic carbocycles. The van der Waals surface area contributed by atoms with Gasteiger partial charge in [-0.15, -0.1) is 0 Å². The Hall–Kier alpha value is -3.96. The average Bonchev–Trinajstić information content (AvgIpc) is 3.01. The van der Waals surface area contributed by atoms with E-state index in [2.05, 4.69) is 88.9 Å². The van der Waals surface area contributed by atoms with Gasteiger partial charge in [0.25, 0.3) is 0 Å². The lowest BCUT2D eigenvalue weighted by Crippen LogP contribution is -2.45. The highest BCUT2D eigenvalue weighted by molar-refractivity contribution is 5.92. The molecule has 228 valence electrons. The molecule has 0 aliphatic carbocycles. The van der Waals surface area contributed by atoms with Crippen LogP contribution in [0.15, 0.2) is 54.9 Å². The van der Waals surface area contributed by atoms with Crippen LogP contribution < -0.4 is 10.6 Å². The molecular weight excluding hydrogens is 546 g/mol. The summed E-state index contributed by atoms with van der Waals surface area (Å²) in [4.78, 5) is 14.1. The number of likely N-dealkylation sites (N-methyl/N-ethyl adjacent to an activating group) is 1. The maximum absolute atomic E-state index is 6.46. The number of piperazine rings is 1. The van der Waals surface area contributed by atoms with E-state index in [0.717, 1.165) is 90.8 Å². The van der Waals surface area contributed by atoms with E-state index in [4.69, 9.17) is 15.2 Å². The number of anilines is 2. The monoisotopic (exact) mass is 589 g/mol. The molecule has 4 aromatic rings. The topological polar surface area (TPSA) is 76.7 Å². The Balaban J connectivity index is 1.27. The minimum absolute atomic E-state index is 0.200. The quantitative estimate of drug-likeness (QED) is 0.263. The summed E-state index contributed by atoms with van der Waals surface area (Å²) in [5, 5.41) is 2.03. The third-order valence-corrected chi connectivity index (χ3v) is 8.68. The van der Waals surface area contributed by atoms with Crippen LogP contribution in [-0.4, -0.2) is 66.6 Å². The first-order valence-corrected chi connectivity index (χ1v) is 15.7. The first-order chi connectivity index (χ1) is 21.2. The summed E-state index contributed by atoms with van der Waals surface area (Å²) in [5.74, 6) is 7.06. The fraction of sp³-hybridized carbons (Fsp3) is 0.405. The first-order valence-electron chi connectivity index (χ1n) is 15.7. The first kappa shape index (κ1) is 30.1. The van der Waals surface area contributed by atoms with Crippen LogP contribution >= 0.6 is 0 Å². The van der Waals surface area contributed by atoms with E-state index in [1.165, 1.54) is 16.8 Å². The minimum Gasteiger partial charge on any atom is -0.383 e. The van der Waals surface area contributed by atoms with Crippen molar-refractivity contribution in [2.75, 3.05) is 50.5 Å². The molecule has 1 unspecified atom stereocenters. The van der Waals surface area contributed by atoms with Gasteiger partial charge in [0.15, 0.2) is 6.29 Å². The summed E-state index contributed by atoms with van der Waals surface area (Å²) >= 11 is 0. The van der Waals surface area contributed by atoms with Crippen LogP contribution in [-0.2, 0) is 9.47 Å². The van der Waals surface area contributed by atoms with Crippen molar-refractivity contribution in [1.82, 2.24) is 14.9 Å². The Kier molecular flexibility index (Phi) is 8.59. The van der Waals surface area contributed by atoms with Crippen molar-refractivity contribution in [3.63, 3.8) is 0 Å². The zero-order valence-corrected chi connectivity index (χ0v) is 26.6. The Morgan fingerprint density at radius 1 is 0.932 bits per heavy atom. The molecule has 0 radical (unpaired) electrons. The number of fused-ring (bicyclic) bond motifs is 1. The van der Waals surface area contributed by atoms with Gasteiger partial charge >= 0.3 is 0 Å². The summed E-state index contributed by atoms with van der Waals surface area (Å²) < 4.78 is 11.9. The highest BCUT2D eigenvalue weighted by Crippen LogP contribution is 2.35. The Morgan fingerprint density at radius 2 is 1.70 bits per heavy atom. The molecule has 2 aliphatic heterocycles. The second-order valence-electron chi connectivity index (χ2n) is 12.7. The van der Waals surface area contributed by atoms with Gasteiger partial charge < -0.3 is 25.0 Å². The molecule has 1 atom stereocenters. The van der Waals surface area contributed by atoms with Crippen LogP contribution in [0.4, 0.5) is 11.5 Å². The molecule has 44 heavy (non-hydrogen) atoms. The molecule has 0 bridgehead atoms. The van der Waals surface area contributed by atoms with Gasteiger partial charge in [0.2, 0.25) is 0 Å². The average molecular weight is 590 g/mol. The predicted octanol–water partition coefficient (Wildman–Crippen LogP) is 6.59. The lowest BCUT2D eigenvalue weighted by atomic mass is 9.95. The third kappa shape index (κ3) is 6.58. The number of benzene rings is 2. The van der Waals surface area contributed by atoms with E-state index >= 15 is 0 Å². The summed E-state index contributed by atoms with van der Waals surface area (Å²) in [6.07, 6.45) is 6.59. The smallest absolute Gasteiger partial charge is 0.159 e. The summed E-state index contributed by atoms with van der Waals surface area (Å²) in [6.45, 7) is 13.4. The highest BCUT2D eigenvalue weighted by Gasteiger charge is 2.24. The number of hydrogen-bond acceptors (Lipinski definition) is 7. The Morgan fingerprint density at radius 3 is 2.43 bits per heavy atom. The largest absolute Gasteiger partial charge is 0.383 e. The van der Waals surface area contributed by atoms with Crippen molar-refractivity contribution in [1.29, 1.82) is 0 Å². The lowest BCUT2D eigenvalue weighted by molar-refractivity contribution is -0.199. The molecule has 2 aromatic heterocycles. The second-order valence-corrected chi connectivity index (χ2v) is 12.7. The predicted molar refractivity (Wildman–Crippen MR) is 180 cm³/mol. The van der Waals surface area contributed by atoms with Crippen LogP contribution in [0.5, 0.6) is 0 Å². The number of hydrogen-bond donors (Lipinski definition) is 1. The summed E-state index contributed by atoms with van der Waals surface area (Å²) in [6, 6.07) is 15.0. The van der Waals surface area contributed by atoms with Crippen molar-refractivity contribution in [3.05, 3.63) is 71.7 Å². The van der Waals surface area contributed by atoms with Crippen molar-refractivity contribution < 1.29 is 9.47 Å². The van der Waals surface area contributed by atoms with Crippen LogP contribution in [0.25, 0.3) is 33.0 Å². The van der Waals surface area contributed by atoms with E-state index in [1.54, 1.807) is 6.20 Å². The standard InChI is InChI=1S/C37H43N5O2/c1-25-20-29(21-26(2)35(25)42-17-15-41(5)16-18-42)30-23-32(36(38)40-24-30)27-9-10-31-28(22-27)12-14-39-33(31)11-13-37(3,4)44-34-8-6-7-19-43-34/h9-10,12,14,20-24,34H,6-8,15-19H2,1-5H3,(H2,38,40). The molecule has 6 rings (SSSR count). The van der Waals surface area contributed by atoms with Crippen molar-refractivity contribution in [2.24, 2.45) is 0 Å². The van der Waals surface area contributed by atoms with E-state index in [9.17, 15) is 0 Å². The number of nitrogens with zero attached hydrogens (tertiary/aromatic N) is 4. The van der Waals surface area contributed by atoms with Gasteiger partial charge in [0, 0.05) is 67.4 Å². The van der Waals surface area contributed by atoms with E-state index in [0.29, 0.717) is 5.82 Å². The van der Waals surface area contributed by atoms with Gasteiger partial charge in [-0.1, -0.05) is 18.1 Å². The van der Waals surface area contributed by atoms with Crippen molar-refractivity contribution in [3.8, 4) is 34.1 Å². The van der Waals surface area contributed by atoms with E-state index in [1.807, 2.05) is 26.1 Å². The fourth-order valence-corrected chi connectivity index (χ4v) is 6.33. The summed E-state index contributed by atoms with van der Waals surface area (Å²) in [7, 11) is 2.19. The number of nitrogen functional groups attached to an aromatic ring is 1. The molecule has 0 spiro atoms. The number of pyridine rings is 2. The number of aromatic nitrogens is 2. The SMILES string of the molecule is Cc1cc(-c2cnc(N)c(-c3ccc4c(C#CC(C)(C)OC5CCCCO5)nccc4c3)c2)cc(C)c1N1CCN(C)CC1. The second kappa shape index (κ2) is 12.6. The van der Waals surface area contributed by atoms with Gasteiger partial charge in [-0.3, -0.25) is 0 Å². The Labute approximate surface area is 261 Å². The molecular formula is C37H43N5O2. The maximum atomic E-state index is 6.46. The number of rotatable bonds is 5. The van der Waals surface area contributed by atoms with Crippen LogP contribution in [0, 0.1) is 25.7 Å². The molecule has 2 fully saturated rings. The third-order valence-electron chi connectivity index (χ3n) is 8.68. The molecule has 2 N–H and O–H groups in total. The van der Waals surface area contributed by atoms with Gasteiger partial charge in [-0.05, 0) is 118 Å². The van der Waals surface area contributed by atoms with E-state index in [-0.39, 0.29) is 6.29 Å². The van der Waals surface area contributed by atoms with E-state index < -0.39 is 5.60 Å². The molecule has 7 nitrogen and oxygen atoms in total. The molecule has 2 aliphatic rings. The number of aryl methyl sites for hydroxylation is 2. The van der Waals surface area contributed by atoms with Crippen molar-refractivity contribution >= 4 is 22.3 Å². The highest BCUT2D eigenvalue weighted by atomic mass is 16.7. The number of ether oxygens (including phenoxy) is 2. The number of nitrogens with two attached hydrogens (primary N) is 1. The Bertz CT molecular complexity index is 1700. The zero-order chi connectivity index (χ0) is 30.8. The molecule has 4 heterocycles. The normalized spacial score (nSPS) is 17.8. The fourth-order valence-electron chi connectivity index (χ4n) is 6.33. The zero-order valence-electron chi connectivity index (χ0n) is 26.6. The maximum Gasteiger partial charge on any atom is 0.159 e. The van der Waals surface area contributed by atoms with Gasteiger partial charge in [-0.25, -0.2) is 9.97 Å². The molecule has 0 saturated carbocycles. The van der Waals surface area contributed by atoms with Crippen LogP contribution in [0.1, 0.15) is 49.9 Å². The van der Waals surface area contributed by atoms with Gasteiger partial charge in [0.05, 0.1) is 0 Å². The lowest BCUT2D eigenvalue weighted by Gasteiger charge is -2.36. The molecule has 7 heteroatoms. The van der Waals surface area contributed by atoms with Crippen molar-refractivity contribution in [2.45, 2.75) is 58.8 Å². The van der Waals surface area contributed by atoms with Gasteiger partial charge in [0.1, 0.15) is 17.1 Å². The minimum atomic E-state index is -0.647.